The van der Waals surface area contributed by atoms with E-state index in [2.05, 4.69) is 15.9 Å². The van der Waals surface area contributed by atoms with Crippen LogP contribution in [0.2, 0.25) is 0 Å². The van der Waals surface area contributed by atoms with Crippen LogP contribution in [-0.2, 0) is 16.6 Å². The minimum Gasteiger partial charge on any atom is -0.398 e. The molecule has 0 bridgehead atoms. The number of sulfonamides is 1. The number of nitrogens with zero attached hydrogens (tertiary/aromatic N) is 1. The number of rotatable bonds is 5. The van der Waals surface area contributed by atoms with Gasteiger partial charge in [0, 0.05) is 18.8 Å². The molecule has 0 radical (unpaired) electrons. The molecule has 0 amide bonds. The second-order valence-electron chi connectivity index (χ2n) is 4.65. The molecule has 2 N–H and O–H groups in total. The Labute approximate surface area is 137 Å². The van der Waals surface area contributed by atoms with Gasteiger partial charge in [-0.25, -0.2) is 8.42 Å². The molecule has 7 heteroatoms. The molecule has 0 unspecified atom stereocenters. The molecule has 1 aromatic carbocycles. The van der Waals surface area contributed by atoms with Gasteiger partial charge in [-0.15, -0.1) is 11.3 Å². The number of aryl methyl sites for hydroxylation is 1. The summed E-state index contributed by atoms with van der Waals surface area (Å²) in [6.45, 7) is 4.38. The van der Waals surface area contributed by atoms with E-state index in [1.54, 1.807) is 12.1 Å². The fourth-order valence-electron chi connectivity index (χ4n) is 1.92. The molecule has 0 saturated carbocycles. The number of para-hydroxylation sites is 1. The van der Waals surface area contributed by atoms with Crippen LogP contribution in [0.3, 0.4) is 0 Å². The maximum atomic E-state index is 12.7. The van der Waals surface area contributed by atoms with E-state index < -0.39 is 10.0 Å². The summed E-state index contributed by atoms with van der Waals surface area (Å²) in [5, 5.41) is 0. The third-order valence-electron chi connectivity index (χ3n) is 3.18. The van der Waals surface area contributed by atoms with E-state index in [0.717, 1.165) is 14.9 Å². The Morgan fingerprint density at radius 1 is 1.33 bits per heavy atom. The number of hydrogen-bond donors (Lipinski definition) is 1. The number of anilines is 1. The van der Waals surface area contributed by atoms with Gasteiger partial charge in [0.05, 0.1) is 3.79 Å². The topological polar surface area (TPSA) is 63.4 Å². The van der Waals surface area contributed by atoms with Crippen LogP contribution in [0.15, 0.2) is 38.3 Å². The number of nitrogen functional groups attached to an aromatic ring is 1. The molecule has 0 aliphatic heterocycles. The van der Waals surface area contributed by atoms with Crippen molar-refractivity contribution in [2.75, 3.05) is 12.3 Å². The van der Waals surface area contributed by atoms with Gasteiger partial charge in [-0.05, 0) is 46.1 Å². The standard InChI is InChI=1S/C14H17BrN2O2S2/c1-3-17(9-11-6-4-5-7-12(11)16)21(18,19)13-8-10(2)14(15)20-13/h4-8H,3,9,16H2,1-2H3. The van der Waals surface area contributed by atoms with Crippen molar-refractivity contribution < 1.29 is 8.42 Å². The smallest absolute Gasteiger partial charge is 0.252 e. The fourth-order valence-corrected chi connectivity index (χ4v) is 5.73. The molecular weight excluding hydrogens is 372 g/mol. The molecule has 2 aromatic rings. The van der Waals surface area contributed by atoms with Crippen LogP contribution in [-0.4, -0.2) is 19.3 Å². The highest BCUT2D eigenvalue weighted by Crippen LogP contribution is 2.33. The SMILES string of the molecule is CCN(Cc1ccccc1N)S(=O)(=O)c1cc(C)c(Br)s1. The minimum absolute atomic E-state index is 0.278. The summed E-state index contributed by atoms with van der Waals surface area (Å²) in [6, 6.07) is 9.02. The fraction of sp³-hybridized carbons (Fsp3) is 0.286. The highest BCUT2D eigenvalue weighted by atomic mass is 79.9. The van der Waals surface area contributed by atoms with E-state index in [0.29, 0.717) is 16.4 Å². The second-order valence-corrected chi connectivity index (χ2v) is 9.19. The summed E-state index contributed by atoms with van der Waals surface area (Å²) in [5.74, 6) is 0. The van der Waals surface area contributed by atoms with Gasteiger partial charge in [0.25, 0.3) is 10.0 Å². The molecule has 0 atom stereocenters. The molecule has 0 aliphatic rings. The maximum Gasteiger partial charge on any atom is 0.252 e. The van der Waals surface area contributed by atoms with E-state index in [9.17, 15) is 8.42 Å². The van der Waals surface area contributed by atoms with Crippen molar-refractivity contribution in [2.45, 2.75) is 24.6 Å². The first kappa shape index (κ1) is 16.5. The summed E-state index contributed by atoms with van der Waals surface area (Å²) < 4.78 is 28.1. The quantitative estimate of drug-likeness (QED) is 0.795. The van der Waals surface area contributed by atoms with Crippen molar-refractivity contribution in [3.8, 4) is 0 Å². The van der Waals surface area contributed by atoms with Crippen molar-refractivity contribution in [3.05, 3.63) is 45.2 Å². The summed E-state index contributed by atoms with van der Waals surface area (Å²) >= 11 is 4.61. The van der Waals surface area contributed by atoms with E-state index in [4.69, 9.17) is 5.73 Å². The van der Waals surface area contributed by atoms with Gasteiger partial charge in [0.15, 0.2) is 0 Å². The lowest BCUT2D eigenvalue weighted by Gasteiger charge is -2.20. The monoisotopic (exact) mass is 388 g/mol. The number of nitrogens with two attached hydrogens (primary N) is 1. The third kappa shape index (κ3) is 3.48. The zero-order valence-corrected chi connectivity index (χ0v) is 15.1. The summed E-state index contributed by atoms with van der Waals surface area (Å²) in [4.78, 5) is 0. The molecule has 21 heavy (non-hydrogen) atoms. The minimum atomic E-state index is -3.50. The first-order chi connectivity index (χ1) is 9.86. The molecule has 0 spiro atoms. The Morgan fingerprint density at radius 2 is 2.00 bits per heavy atom. The number of benzene rings is 1. The maximum absolute atomic E-state index is 12.7. The van der Waals surface area contributed by atoms with Crippen LogP contribution < -0.4 is 5.73 Å². The Hall–Kier alpha value is -0.890. The van der Waals surface area contributed by atoms with Crippen molar-refractivity contribution in [1.29, 1.82) is 0 Å². The highest BCUT2D eigenvalue weighted by molar-refractivity contribution is 9.11. The lowest BCUT2D eigenvalue weighted by Crippen LogP contribution is -2.30. The van der Waals surface area contributed by atoms with Crippen molar-refractivity contribution in [2.24, 2.45) is 0 Å². The van der Waals surface area contributed by atoms with Crippen molar-refractivity contribution in [1.82, 2.24) is 4.31 Å². The number of hydrogen-bond acceptors (Lipinski definition) is 4. The zero-order valence-electron chi connectivity index (χ0n) is 11.8. The van der Waals surface area contributed by atoms with E-state index >= 15 is 0 Å². The normalized spacial score (nSPS) is 12.0. The van der Waals surface area contributed by atoms with E-state index in [-0.39, 0.29) is 6.54 Å². The Balaban J connectivity index is 2.34. The van der Waals surface area contributed by atoms with Crippen LogP contribution in [0, 0.1) is 6.92 Å². The molecule has 1 aromatic heterocycles. The molecule has 114 valence electrons. The molecule has 2 rings (SSSR count). The van der Waals surface area contributed by atoms with Crippen molar-refractivity contribution >= 4 is 43.0 Å². The molecule has 4 nitrogen and oxygen atoms in total. The van der Waals surface area contributed by atoms with Crippen LogP contribution in [0.1, 0.15) is 18.1 Å². The second kappa shape index (κ2) is 6.48. The molecule has 1 heterocycles. The zero-order chi connectivity index (χ0) is 15.6. The van der Waals surface area contributed by atoms with Crippen LogP contribution in [0.5, 0.6) is 0 Å². The first-order valence-electron chi connectivity index (χ1n) is 6.45. The van der Waals surface area contributed by atoms with Crippen LogP contribution in [0.4, 0.5) is 5.69 Å². The Morgan fingerprint density at radius 3 is 2.52 bits per heavy atom. The Kier molecular flexibility index (Phi) is 5.08. The van der Waals surface area contributed by atoms with Gasteiger partial charge < -0.3 is 5.73 Å². The average molecular weight is 389 g/mol. The van der Waals surface area contributed by atoms with E-state index in [1.807, 2.05) is 32.0 Å². The Bertz CT molecular complexity index is 722. The molecule has 0 fully saturated rings. The lowest BCUT2D eigenvalue weighted by molar-refractivity contribution is 0.425. The predicted molar refractivity (Wildman–Crippen MR) is 90.9 cm³/mol. The van der Waals surface area contributed by atoms with Crippen molar-refractivity contribution in [3.63, 3.8) is 0 Å². The largest absolute Gasteiger partial charge is 0.398 e. The third-order valence-corrected chi connectivity index (χ3v) is 7.69. The summed E-state index contributed by atoms with van der Waals surface area (Å²) in [5.41, 5.74) is 8.25. The van der Waals surface area contributed by atoms with Gasteiger partial charge in [0.1, 0.15) is 4.21 Å². The van der Waals surface area contributed by atoms with Gasteiger partial charge in [-0.3, -0.25) is 0 Å². The van der Waals surface area contributed by atoms with Crippen LogP contribution >= 0.6 is 27.3 Å². The highest BCUT2D eigenvalue weighted by Gasteiger charge is 2.26. The number of halogens is 1. The average Bonchev–Trinajstić information content (AvgIpc) is 2.78. The molecule has 0 saturated heterocycles. The first-order valence-corrected chi connectivity index (χ1v) is 9.50. The lowest BCUT2D eigenvalue weighted by atomic mass is 10.2. The van der Waals surface area contributed by atoms with Gasteiger partial charge >= 0.3 is 0 Å². The van der Waals surface area contributed by atoms with Gasteiger partial charge in [0.2, 0.25) is 0 Å². The molecular formula is C14H17BrN2O2S2. The summed E-state index contributed by atoms with van der Waals surface area (Å²) in [6.07, 6.45) is 0. The summed E-state index contributed by atoms with van der Waals surface area (Å²) in [7, 11) is -3.50. The van der Waals surface area contributed by atoms with Gasteiger partial charge in [-0.2, -0.15) is 4.31 Å². The van der Waals surface area contributed by atoms with Gasteiger partial charge in [-0.1, -0.05) is 25.1 Å². The number of thiophene rings is 1. The molecule has 0 aliphatic carbocycles. The van der Waals surface area contributed by atoms with Crippen LogP contribution in [0.25, 0.3) is 0 Å². The van der Waals surface area contributed by atoms with E-state index in [1.165, 1.54) is 15.6 Å². The predicted octanol–water partition coefficient (Wildman–Crippen LogP) is 3.61.